The molecule has 0 fully saturated rings. The highest BCUT2D eigenvalue weighted by Gasteiger charge is 2.37. The summed E-state index contributed by atoms with van der Waals surface area (Å²) in [6.07, 6.45) is 5.68. The van der Waals surface area contributed by atoms with Crippen LogP contribution >= 0.6 is 0 Å². The number of aromatic nitrogens is 3. The lowest BCUT2D eigenvalue weighted by Crippen LogP contribution is -2.31. The molecule has 1 aliphatic rings. The molecule has 7 rings (SSSR count). The number of benzene rings is 3. The Morgan fingerprint density at radius 2 is 1.39 bits per heavy atom. The van der Waals surface area contributed by atoms with Crippen molar-refractivity contribution in [2.75, 3.05) is 4.90 Å². The van der Waals surface area contributed by atoms with Crippen molar-refractivity contribution < 1.29 is 0 Å². The fourth-order valence-corrected chi connectivity index (χ4v) is 5.47. The normalized spacial score (nSPS) is 14.0. The molecule has 0 spiro atoms. The lowest BCUT2D eigenvalue weighted by atomic mass is 9.74. The minimum Gasteiger partial charge on any atom is -0.294 e. The van der Waals surface area contributed by atoms with Crippen molar-refractivity contribution in [1.82, 2.24) is 15.0 Å². The zero-order valence-corrected chi connectivity index (χ0v) is 20.2. The Labute approximate surface area is 209 Å². The van der Waals surface area contributed by atoms with Gasteiger partial charge in [0.15, 0.2) is 0 Å². The molecule has 0 aliphatic carbocycles. The Balaban J connectivity index is 1.42. The molecule has 0 saturated carbocycles. The molecule has 4 heteroatoms. The zero-order valence-electron chi connectivity index (χ0n) is 20.2. The summed E-state index contributed by atoms with van der Waals surface area (Å²) in [4.78, 5) is 16.5. The van der Waals surface area contributed by atoms with Gasteiger partial charge in [0.1, 0.15) is 5.82 Å². The Morgan fingerprint density at radius 3 is 2.28 bits per heavy atom. The topological polar surface area (TPSA) is 41.9 Å². The summed E-state index contributed by atoms with van der Waals surface area (Å²) in [6.45, 7) is 4.57. The molecule has 0 radical (unpaired) electrons. The van der Waals surface area contributed by atoms with Gasteiger partial charge in [-0.2, -0.15) is 0 Å². The quantitative estimate of drug-likeness (QED) is 0.244. The molecule has 6 aromatic rings. The summed E-state index contributed by atoms with van der Waals surface area (Å²) in [7, 11) is 0. The van der Waals surface area contributed by atoms with E-state index in [4.69, 9.17) is 9.97 Å². The van der Waals surface area contributed by atoms with Crippen LogP contribution in [0.25, 0.3) is 32.9 Å². The smallest absolute Gasteiger partial charge is 0.141 e. The highest BCUT2D eigenvalue weighted by Crippen LogP contribution is 2.51. The maximum Gasteiger partial charge on any atom is 0.141 e. The largest absolute Gasteiger partial charge is 0.294 e. The zero-order chi connectivity index (χ0) is 24.3. The number of rotatable bonds is 2. The second-order valence-corrected chi connectivity index (χ2v) is 9.84. The van der Waals surface area contributed by atoms with Crippen LogP contribution in [0.5, 0.6) is 0 Å². The molecule has 1 aliphatic heterocycles. The van der Waals surface area contributed by atoms with Gasteiger partial charge in [0, 0.05) is 51.6 Å². The Hall–Kier alpha value is -4.57. The first-order chi connectivity index (χ1) is 17.6. The van der Waals surface area contributed by atoms with E-state index in [-0.39, 0.29) is 5.41 Å². The van der Waals surface area contributed by atoms with Crippen molar-refractivity contribution >= 4 is 39.0 Å². The summed E-state index contributed by atoms with van der Waals surface area (Å²) in [5, 5.41) is 2.20. The van der Waals surface area contributed by atoms with Crippen LogP contribution in [-0.2, 0) is 5.41 Å². The first kappa shape index (κ1) is 20.8. The molecule has 0 unspecified atom stereocenters. The maximum absolute atomic E-state index is 4.85. The lowest BCUT2D eigenvalue weighted by molar-refractivity contribution is 0.627. The molecule has 0 N–H and O–H groups in total. The minimum atomic E-state index is -0.204. The van der Waals surface area contributed by atoms with E-state index in [2.05, 4.69) is 96.5 Å². The lowest BCUT2D eigenvalue weighted by Gasteiger charge is -2.41. The predicted molar refractivity (Wildman–Crippen MR) is 147 cm³/mol. The molecule has 3 aromatic heterocycles. The maximum atomic E-state index is 4.85. The predicted octanol–water partition coefficient (Wildman–Crippen LogP) is 7.95. The van der Waals surface area contributed by atoms with Crippen LogP contribution in [0.15, 0.2) is 110 Å². The standard InChI is InChI=1S/C32H24N4/c1-32(2)26-11-7-17-34-31(26)36(25-9-4-3-5-10-25)28-15-14-22(19-27(28)32)24-18-23-13-12-21-8-6-16-33-29(21)30(23)35-20-24/h3-20H,1-2H3. The summed E-state index contributed by atoms with van der Waals surface area (Å²) in [5.74, 6) is 0.987. The highest BCUT2D eigenvalue weighted by molar-refractivity contribution is 6.03. The van der Waals surface area contributed by atoms with Crippen LogP contribution in [0.3, 0.4) is 0 Å². The first-order valence-electron chi connectivity index (χ1n) is 12.2. The molecule has 0 atom stereocenters. The van der Waals surface area contributed by atoms with E-state index < -0.39 is 0 Å². The highest BCUT2D eigenvalue weighted by atomic mass is 15.2. The third-order valence-electron chi connectivity index (χ3n) is 7.35. The van der Waals surface area contributed by atoms with Crippen LogP contribution in [0.4, 0.5) is 17.2 Å². The number of pyridine rings is 3. The number of fused-ring (bicyclic) bond motifs is 5. The third-order valence-corrected chi connectivity index (χ3v) is 7.35. The summed E-state index contributed by atoms with van der Waals surface area (Å²) in [6, 6.07) is 32.0. The molecule has 36 heavy (non-hydrogen) atoms. The van der Waals surface area contributed by atoms with Gasteiger partial charge in [-0.1, -0.05) is 62.4 Å². The van der Waals surface area contributed by atoms with Gasteiger partial charge in [0.05, 0.1) is 16.7 Å². The second-order valence-electron chi connectivity index (χ2n) is 9.84. The van der Waals surface area contributed by atoms with E-state index in [9.17, 15) is 0 Å². The van der Waals surface area contributed by atoms with Crippen molar-refractivity contribution in [3.8, 4) is 11.1 Å². The van der Waals surface area contributed by atoms with Crippen LogP contribution in [-0.4, -0.2) is 15.0 Å². The van der Waals surface area contributed by atoms with Crippen molar-refractivity contribution in [3.63, 3.8) is 0 Å². The van der Waals surface area contributed by atoms with E-state index in [1.165, 1.54) is 11.1 Å². The number of hydrogen-bond acceptors (Lipinski definition) is 4. The van der Waals surface area contributed by atoms with Gasteiger partial charge in [0.25, 0.3) is 0 Å². The Bertz CT molecular complexity index is 1770. The van der Waals surface area contributed by atoms with E-state index >= 15 is 0 Å². The fraction of sp³-hybridized carbons (Fsp3) is 0.0938. The molecular weight excluding hydrogens is 440 g/mol. The Kier molecular flexibility index (Phi) is 4.45. The van der Waals surface area contributed by atoms with Crippen molar-refractivity contribution in [2.24, 2.45) is 0 Å². The fourth-order valence-electron chi connectivity index (χ4n) is 5.47. The van der Waals surface area contributed by atoms with Gasteiger partial charge in [-0.3, -0.25) is 14.9 Å². The number of anilines is 3. The Morgan fingerprint density at radius 1 is 0.611 bits per heavy atom. The number of nitrogens with zero attached hydrogens (tertiary/aromatic N) is 4. The molecular formula is C32H24N4. The van der Waals surface area contributed by atoms with Crippen LogP contribution < -0.4 is 4.90 Å². The summed E-state index contributed by atoms with van der Waals surface area (Å²) < 4.78 is 0. The monoisotopic (exact) mass is 464 g/mol. The first-order valence-corrected chi connectivity index (χ1v) is 12.2. The molecule has 0 bridgehead atoms. The SMILES string of the molecule is CC1(C)c2cc(-c3cnc4c(ccc5cccnc54)c3)ccc2N(c2ccccc2)c2ncccc21. The summed E-state index contributed by atoms with van der Waals surface area (Å²) in [5.41, 5.74) is 8.67. The minimum absolute atomic E-state index is 0.204. The van der Waals surface area contributed by atoms with Crippen LogP contribution in [0.2, 0.25) is 0 Å². The van der Waals surface area contributed by atoms with Crippen molar-refractivity contribution in [1.29, 1.82) is 0 Å². The van der Waals surface area contributed by atoms with Gasteiger partial charge in [-0.25, -0.2) is 4.98 Å². The molecule has 0 saturated heterocycles. The van der Waals surface area contributed by atoms with E-state index in [0.717, 1.165) is 50.1 Å². The molecule has 3 aromatic carbocycles. The number of hydrogen-bond donors (Lipinski definition) is 0. The average molecular weight is 465 g/mol. The van der Waals surface area contributed by atoms with Crippen molar-refractivity contribution in [3.05, 3.63) is 121 Å². The number of para-hydroxylation sites is 1. The molecule has 4 nitrogen and oxygen atoms in total. The summed E-state index contributed by atoms with van der Waals surface area (Å²) >= 11 is 0. The van der Waals surface area contributed by atoms with Gasteiger partial charge >= 0.3 is 0 Å². The van der Waals surface area contributed by atoms with Crippen LogP contribution in [0, 0.1) is 0 Å². The molecule has 172 valence electrons. The van der Waals surface area contributed by atoms with Gasteiger partial charge in [0.2, 0.25) is 0 Å². The van der Waals surface area contributed by atoms with E-state index in [0.29, 0.717) is 0 Å². The van der Waals surface area contributed by atoms with Gasteiger partial charge in [-0.15, -0.1) is 0 Å². The average Bonchev–Trinajstić information content (AvgIpc) is 2.93. The van der Waals surface area contributed by atoms with Crippen molar-refractivity contribution in [2.45, 2.75) is 19.3 Å². The second kappa shape index (κ2) is 7.72. The third kappa shape index (κ3) is 3.04. The molecule has 4 heterocycles. The molecule has 0 amide bonds. The van der Waals surface area contributed by atoms with Crippen LogP contribution in [0.1, 0.15) is 25.0 Å². The van der Waals surface area contributed by atoms with E-state index in [1.807, 2.05) is 36.8 Å². The van der Waals surface area contributed by atoms with Gasteiger partial charge < -0.3 is 0 Å². The van der Waals surface area contributed by atoms with E-state index in [1.54, 1.807) is 0 Å². The van der Waals surface area contributed by atoms with Gasteiger partial charge in [-0.05, 0) is 53.6 Å².